The fourth-order valence-electron chi connectivity index (χ4n) is 4.40. The van der Waals surface area contributed by atoms with Crippen LogP contribution in [0.25, 0.3) is 0 Å². The van der Waals surface area contributed by atoms with Gasteiger partial charge in [0.1, 0.15) is 0 Å². The number of amides is 1. The summed E-state index contributed by atoms with van der Waals surface area (Å²) in [6.45, 7) is 7.82. The van der Waals surface area contributed by atoms with Gasteiger partial charge in [0.05, 0.1) is 0 Å². The van der Waals surface area contributed by atoms with E-state index in [2.05, 4.69) is 40.9 Å². The number of nitrogens with zero attached hydrogens (tertiary/aromatic N) is 2. The average Bonchev–Trinajstić information content (AvgIpc) is 3.09. The summed E-state index contributed by atoms with van der Waals surface area (Å²) in [5, 5.41) is 8.95. The molecule has 150 valence electrons. The minimum atomic E-state index is 0.227. The van der Waals surface area contributed by atoms with Crippen molar-refractivity contribution >= 4 is 23.2 Å². The van der Waals surface area contributed by atoms with Gasteiger partial charge in [0.15, 0.2) is 5.96 Å². The molecule has 1 fully saturated rings. The second-order valence-electron chi connectivity index (χ2n) is 8.49. The Morgan fingerprint density at radius 3 is 2.85 bits per heavy atom. The van der Waals surface area contributed by atoms with Crippen molar-refractivity contribution in [3.63, 3.8) is 0 Å². The summed E-state index contributed by atoms with van der Waals surface area (Å²) in [5.41, 5.74) is 1.76. The van der Waals surface area contributed by atoms with E-state index in [1.54, 1.807) is 18.4 Å². The standard InChI is InChI=1S/C21H34N4OS/c1-16(2)13-21(8-4-9-21)15-24-20(22-3)23-10-5-19(26)25-11-6-18-17(14-25)7-12-27-18/h7,12,16H,4-6,8-11,13-15H2,1-3H3,(H2,22,23,24). The first kappa shape index (κ1) is 20.2. The molecule has 5 nitrogen and oxygen atoms in total. The van der Waals surface area contributed by atoms with Crippen molar-refractivity contribution in [2.75, 3.05) is 26.7 Å². The molecule has 1 aromatic heterocycles. The number of rotatable bonds is 7. The highest BCUT2D eigenvalue weighted by atomic mass is 32.1. The van der Waals surface area contributed by atoms with Crippen molar-refractivity contribution in [2.45, 2.75) is 58.9 Å². The zero-order chi connectivity index (χ0) is 19.3. The molecular weight excluding hydrogens is 356 g/mol. The molecule has 1 saturated carbocycles. The third-order valence-corrected chi connectivity index (χ3v) is 6.92. The number of guanidine groups is 1. The SMILES string of the molecule is CN=C(NCCC(=O)N1CCc2sccc2C1)NCC1(CC(C)C)CCC1. The quantitative estimate of drug-likeness (QED) is 0.554. The second-order valence-corrected chi connectivity index (χ2v) is 9.49. The molecule has 1 aliphatic heterocycles. The Bertz CT molecular complexity index is 663. The highest BCUT2D eigenvalue weighted by Gasteiger charge is 2.37. The van der Waals surface area contributed by atoms with Crippen LogP contribution in [0.1, 0.15) is 56.4 Å². The molecule has 27 heavy (non-hydrogen) atoms. The van der Waals surface area contributed by atoms with Gasteiger partial charge in [0.2, 0.25) is 5.91 Å². The van der Waals surface area contributed by atoms with Crippen LogP contribution in [0.3, 0.4) is 0 Å². The second kappa shape index (κ2) is 9.09. The number of thiophene rings is 1. The zero-order valence-corrected chi connectivity index (χ0v) is 17.8. The minimum Gasteiger partial charge on any atom is -0.356 e. The predicted molar refractivity (Wildman–Crippen MR) is 113 cm³/mol. The molecule has 0 saturated heterocycles. The Hall–Kier alpha value is -1.56. The third-order valence-electron chi connectivity index (χ3n) is 5.90. The monoisotopic (exact) mass is 390 g/mol. The molecule has 0 unspecified atom stereocenters. The molecule has 6 heteroatoms. The number of aliphatic imine (C=N–C) groups is 1. The van der Waals surface area contributed by atoms with Gasteiger partial charge in [-0.25, -0.2) is 0 Å². The van der Waals surface area contributed by atoms with Gasteiger partial charge in [-0.1, -0.05) is 20.3 Å². The predicted octanol–water partition coefficient (Wildman–Crippen LogP) is 3.40. The van der Waals surface area contributed by atoms with E-state index in [9.17, 15) is 4.79 Å². The van der Waals surface area contributed by atoms with Gasteiger partial charge in [-0.2, -0.15) is 0 Å². The Kier molecular flexibility index (Phi) is 6.79. The highest BCUT2D eigenvalue weighted by molar-refractivity contribution is 7.10. The number of hydrogen-bond donors (Lipinski definition) is 2. The van der Waals surface area contributed by atoms with Crippen molar-refractivity contribution in [1.29, 1.82) is 0 Å². The van der Waals surface area contributed by atoms with Crippen LogP contribution < -0.4 is 10.6 Å². The van der Waals surface area contributed by atoms with Crippen molar-refractivity contribution in [2.24, 2.45) is 16.3 Å². The van der Waals surface area contributed by atoms with Crippen LogP contribution in [0, 0.1) is 11.3 Å². The summed E-state index contributed by atoms with van der Waals surface area (Å²) in [7, 11) is 1.80. The topological polar surface area (TPSA) is 56.7 Å². The maximum atomic E-state index is 12.5. The Labute approximate surface area is 167 Å². The number of carbonyl (C=O) groups is 1. The van der Waals surface area contributed by atoms with Gasteiger partial charge >= 0.3 is 0 Å². The van der Waals surface area contributed by atoms with Crippen LogP contribution in [0.15, 0.2) is 16.4 Å². The molecule has 2 N–H and O–H groups in total. The molecule has 2 heterocycles. The lowest BCUT2D eigenvalue weighted by atomic mass is 9.64. The van der Waals surface area contributed by atoms with E-state index in [0.717, 1.165) is 37.9 Å². The van der Waals surface area contributed by atoms with E-state index < -0.39 is 0 Å². The number of carbonyl (C=O) groups excluding carboxylic acids is 1. The number of nitrogens with one attached hydrogen (secondary N) is 2. The summed E-state index contributed by atoms with van der Waals surface area (Å²) in [6.07, 6.45) is 6.75. The lowest BCUT2D eigenvalue weighted by Gasteiger charge is -2.43. The molecule has 0 spiro atoms. The normalized spacial score (nSPS) is 18.8. The fourth-order valence-corrected chi connectivity index (χ4v) is 5.28. The first-order valence-corrected chi connectivity index (χ1v) is 11.2. The largest absolute Gasteiger partial charge is 0.356 e. The van der Waals surface area contributed by atoms with E-state index in [0.29, 0.717) is 18.4 Å². The maximum absolute atomic E-state index is 12.5. The van der Waals surface area contributed by atoms with E-state index in [-0.39, 0.29) is 5.91 Å². The summed E-state index contributed by atoms with van der Waals surface area (Å²) in [6, 6.07) is 2.15. The van der Waals surface area contributed by atoms with E-state index >= 15 is 0 Å². The molecule has 0 atom stereocenters. The maximum Gasteiger partial charge on any atom is 0.224 e. The van der Waals surface area contributed by atoms with Crippen LogP contribution in [-0.4, -0.2) is 43.4 Å². The Balaban J connectivity index is 1.39. The van der Waals surface area contributed by atoms with Crippen LogP contribution in [0.4, 0.5) is 0 Å². The molecule has 3 rings (SSSR count). The molecule has 0 radical (unpaired) electrons. The van der Waals surface area contributed by atoms with Gasteiger partial charge in [-0.3, -0.25) is 9.79 Å². The zero-order valence-electron chi connectivity index (χ0n) is 17.0. The van der Waals surface area contributed by atoms with E-state index in [1.165, 1.54) is 36.1 Å². The van der Waals surface area contributed by atoms with Gasteiger partial charge in [-0.15, -0.1) is 11.3 Å². The van der Waals surface area contributed by atoms with Crippen LogP contribution >= 0.6 is 11.3 Å². The van der Waals surface area contributed by atoms with E-state index in [4.69, 9.17) is 0 Å². The lowest BCUT2D eigenvalue weighted by Crippen LogP contribution is -2.47. The van der Waals surface area contributed by atoms with Crippen molar-refractivity contribution < 1.29 is 4.79 Å². The van der Waals surface area contributed by atoms with Gasteiger partial charge in [-0.05, 0) is 54.0 Å². The molecule has 1 aliphatic carbocycles. The van der Waals surface area contributed by atoms with Crippen molar-refractivity contribution in [3.05, 3.63) is 21.9 Å². The number of fused-ring (bicyclic) bond motifs is 1. The van der Waals surface area contributed by atoms with Crippen molar-refractivity contribution in [3.8, 4) is 0 Å². The van der Waals surface area contributed by atoms with Crippen LogP contribution in [0.2, 0.25) is 0 Å². The molecule has 1 amide bonds. The van der Waals surface area contributed by atoms with Gasteiger partial charge < -0.3 is 15.5 Å². The lowest BCUT2D eigenvalue weighted by molar-refractivity contribution is -0.131. The summed E-state index contributed by atoms with van der Waals surface area (Å²) in [4.78, 5) is 20.3. The Morgan fingerprint density at radius 2 is 2.19 bits per heavy atom. The minimum absolute atomic E-state index is 0.227. The molecule has 0 bridgehead atoms. The molecule has 1 aromatic rings. The smallest absolute Gasteiger partial charge is 0.224 e. The fraction of sp³-hybridized carbons (Fsp3) is 0.714. The summed E-state index contributed by atoms with van der Waals surface area (Å²) in [5.74, 6) is 1.77. The van der Waals surface area contributed by atoms with Crippen molar-refractivity contribution in [1.82, 2.24) is 15.5 Å². The third kappa shape index (κ3) is 5.24. The van der Waals surface area contributed by atoms with Crippen LogP contribution in [0.5, 0.6) is 0 Å². The van der Waals surface area contributed by atoms with Gasteiger partial charge in [0, 0.05) is 44.5 Å². The van der Waals surface area contributed by atoms with Crippen LogP contribution in [-0.2, 0) is 17.8 Å². The molecule has 2 aliphatic rings. The molecular formula is C21H34N4OS. The number of hydrogen-bond acceptors (Lipinski definition) is 3. The molecule has 0 aromatic carbocycles. The first-order valence-electron chi connectivity index (χ1n) is 10.3. The summed E-state index contributed by atoms with van der Waals surface area (Å²) < 4.78 is 0. The highest BCUT2D eigenvalue weighted by Crippen LogP contribution is 2.45. The Morgan fingerprint density at radius 1 is 1.37 bits per heavy atom. The average molecular weight is 391 g/mol. The summed E-state index contributed by atoms with van der Waals surface area (Å²) >= 11 is 1.81. The first-order chi connectivity index (χ1) is 13.0. The van der Waals surface area contributed by atoms with Gasteiger partial charge in [0.25, 0.3) is 0 Å². The van der Waals surface area contributed by atoms with E-state index in [1.807, 2.05) is 4.90 Å².